The first-order valence-corrected chi connectivity index (χ1v) is 10.3. The van der Waals surface area contributed by atoms with Gasteiger partial charge in [0, 0.05) is 30.9 Å². The molecule has 3 aromatic heterocycles. The highest BCUT2D eigenvalue weighted by atomic mass is 32.1. The predicted octanol–water partition coefficient (Wildman–Crippen LogP) is 2.89. The van der Waals surface area contributed by atoms with Gasteiger partial charge in [0.1, 0.15) is 0 Å². The highest BCUT2D eigenvalue weighted by Crippen LogP contribution is 2.35. The Morgan fingerprint density at radius 3 is 2.76 bits per heavy atom. The van der Waals surface area contributed by atoms with Crippen molar-refractivity contribution in [3.63, 3.8) is 0 Å². The van der Waals surface area contributed by atoms with Crippen molar-refractivity contribution in [1.29, 1.82) is 0 Å². The Hall–Kier alpha value is -2.78. The highest BCUT2D eigenvalue weighted by Gasteiger charge is 2.26. The molecule has 1 fully saturated rings. The minimum atomic E-state index is -0.275. The van der Waals surface area contributed by atoms with Crippen LogP contribution in [0.15, 0.2) is 29.8 Å². The molecule has 1 aliphatic heterocycles. The summed E-state index contributed by atoms with van der Waals surface area (Å²) in [6.07, 6.45) is 2.22. The molecule has 4 heterocycles. The van der Waals surface area contributed by atoms with E-state index in [9.17, 15) is 5.11 Å². The van der Waals surface area contributed by atoms with Crippen LogP contribution < -0.4 is 14.4 Å². The molecular formula is C20H23N5O3S. The number of aliphatic hydroxyl groups is 1. The molecule has 29 heavy (non-hydrogen) atoms. The standard InChI is InChI=1S/C20H23N5O3S/c1-12-11-25(7-6-15(12)26)19-21-10-13(18(24-19)16-5-4-8-29-16)14-9-17(27-2)23-20(22-14)28-3/h4-5,8-10,12,15,26H,6-7,11H2,1-3H3. The number of thiophene rings is 1. The number of methoxy groups -OCH3 is 2. The lowest BCUT2D eigenvalue weighted by molar-refractivity contribution is 0.0966. The van der Waals surface area contributed by atoms with Gasteiger partial charge in [-0.1, -0.05) is 13.0 Å². The molecule has 1 N–H and O–H groups in total. The van der Waals surface area contributed by atoms with Crippen LogP contribution in [0.3, 0.4) is 0 Å². The number of nitrogens with zero attached hydrogens (tertiary/aromatic N) is 5. The average Bonchev–Trinajstić information content (AvgIpc) is 3.29. The van der Waals surface area contributed by atoms with E-state index in [0.717, 1.165) is 29.2 Å². The van der Waals surface area contributed by atoms with Gasteiger partial charge in [0.25, 0.3) is 0 Å². The van der Waals surface area contributed by atoms with E-state index in [-0.39, 0.29) is 18.0 Å². The fraction of sp³-hybridized carbons (Fsp3) is 0.400. The van der Waals surface area contributed by atoms with E-state index in [1.165, 1.54) is 7.11 Å². The summed E-state index contributed by atoms with van der Waals surface area (Å²) >= 11 is 1.61. The lowest BCUT2D eigenvalue weighted by Crippen LogP contribution is -2.42. The van der Waals surface area contributed by atoms with Gasteiger partial charge in [-0.3, -0.25) is 0 Å². The van der Waals surface area contributed by atoms with Gasteiger partial charge in [0.2, 0.25) is 11.8 Å². The van der Waals surface area contributed by atoms with Crippen molar-refractivity contribution in [3.8, 4) is 33.7 Å². The number of ether oxygens (including phenoxy) is 2. The van der Waals surface area contributed by atoms with Crippen LogP contribution >= 0.6 is 11.3 Å². The Labute approximate surface area is 173 Å². The second-order valence-corrected chi connectivity index (χ2v) is 7.92. The van der Waals surface area contributed by atoms with Crippen molar-refractivity contribution < 1.29 is 14.6 Å². The van der Waals surface area contributed by atoms with E-state index >= 15 is 0 Å². The normalized spacial score (nSPS) is 19.2. The second kappa shape index (κ2) is 8.30. The molecule has 1 saturated heterocycles. The van der Waals surface area contributed by atoms with Crippen LogP contribution in [-0.2, 0) is 0 Å². The monoisotopic (exact) mass is 413 g/mol. The molecule has 9 heteroatoms. The van der Waals surface area contributed by atoms with Crippen LogP contribution in [0, 0.1) is 5.92 Å². The third kappa shape index (κ3) is 4.01. The number of aromatic nitrogens is 4. The summed E-state index contributed by atoms with van der Waals surface area (Å²) in [6, 6.07) is 5.99. The second-order valence-electron chi connectivity index (χ2n) is 6.97. The highest BCUT2D eigenvalue weighted by molar-refractivity contribution is 7.13. The maximum absolute atomic E-state index is 10.0. The van der Waals surface area contributed by atoms with Gasteiger partial charge >= 0.3 is 6.01 Å². The summed E-state index contributed by atoms with van der Waals surface area (Å²) in [7, 11) is 3.07. The van der Waals surface area contributed by atoms with E-state index in [1.807, 2.05) is 24.4 Å². The zero-order valence-electron chi connectivity index (χ0n) is 16.6. The maximum Gasteiger partial charge on any atom is 0.320 e. The molecule has 3 aromatic rings. The van der Waals surface area contributed by atoms with Crippen LogP contribution in [-0.4, -0.2) is 58.5 Å². The van der Waals surface area contributed by atoms with E-state index in [0.29, 0.717) is 23.9 Å². The number of piperidine rings is 1. The Bertz CT molecular complexity index is 960. The quantitative estimate of drug-likeness (QED) is 0.682. The van der Waals surface area contributed by atoms with Crippen molar-refractivity contribution >= 4 is 17.3 Å². The van der Waals surface area contributed by atoms with Crippen molar-refractivity contribution in [3.05, 3.63) is 29.8 Å². The van der Waals surface area contributed by atoms with Crippen LogP contribution in [0.4, 0.5) is 5.95 Å². The first kappa shape index (κ1) is 19.5. The maximum atomic E-state index is 10.0. The summed E-state index contributed by atoms with van der Waals surface area (Å²) in [6.45, 7) is 3.49. The van der Waals surface area contributed by atoms with E-state index in [4.69, 9.17) is 14.5 Å². The third-order valence-electron chi connectivity index (χ3n) is 5.02. The molecule has 0 spiro atoms. The minimum Gasteiger partial charge on any atom is -0.481 e. The molecule has 152 valence electrons. The zero-order valence-corrected chi connectivity index (χ0v) is 17.4. The van der Waals surface area contributed by atoms with Gasteiger partial charge in [-0.15, -0.1) is 11.3 Å². The van der Waals surface area contributed by atoms with Gasteiger partial charge in [-0.25, -0.2) is 9.97 Å². The lowest BCUT2D eigenvalue weighted by atomic mass is 9.97. The van der Waals surface area contributed by atoms with Gasteiger partial charge in [-0.2, -0.15) is 9.97 Å². The van der Waals surface area contributed by atoms with Crippen molar-refractivity contribution in [1.82, 2.24) is 19.9 Å². The van der Waals surface area contributed by atoms with Crippen LogP contribution in [0.25, 0.3) is 21.8 Å². The SMILES string of the molecule is COc1cc(-c2cnc(N3CCC(O)C(C)C3)nc2-c2cccs2)nc(OC)n1. The summed E-state index contributed by atoms with van der Waals surface area (Å²) in [5.41, 5.74) is 2.21. The molecule has 0 bridgehead atoms. The average molecular weight is 414 g/mol. The van der Waals surface area contributed by atoms with Crippen molar-refractivity contribution in [2.75, 3.05) is 32.2 Å². The first-order valence-electron chi connectivity index (χ1n) is 9.40. The number of rotatable bonds is 5. The predicted molar refractivity (Wildman–Crippen MR) is 111 cm³/mol. The van der Waals surface area contributed by atoms with E-state index in [2.05, 4.69) is 19.9 Å². The third-order valence-corrected chi connectivity index (χ3v) is 5.90. The molecule has 8 nitrogen and oxygen atoms in total. The Morgan fingerprint density at radius 2 is 2.07 bits per heavy atom. The first-order chi connectivity index (χ1) is 14.1. The van der Waals surface area contributed by atoms with Gasteiger partial charge < -0.3 is 19.5 Å². The Balaban J connectivity index is 1.79. The molecule has 0 aliphatic carbocycles. The fourth-order valence-corrected chi connectivity index (χ4v) is 4.09. The number of hydrogen-bond donors (Lipinski definition) is 1. The smallest absolute Gasteiger partial charge is 0.320 e. The molecule has 1 aliphatic rings. The Kier molecular flexibility index (Phi) is 5.59. The molecule has 4 rings (SSSR count). The summed E-state index contributed by atoms with van der Waals surface area (Å²) in [5, 5.41) is 12.1. The van der Waals surface area contributed by atoms with Gasteiger partial charge in [-0.05, 0) is 23.8 Å². The molecule has 0 amide bonds. The van der Waals surface area contributed by atoms with Crippen LogP contribution in [0.1, 0.15) is 13.3 Å². The molecule has 0 saturated carbocycles. The number of anilines is 1. The number of aliphatic hydroxyl groups excluding tert-OH is 1. The van der Waals surface area contributed by atoms with Crippen molar-refractivity contribution in [2.24, 2.45) is 5.92 Å². The topological polar surface area (TPSA) is 93.5 Å². The zero-order chi connectivity index (χ0) is 20.4. The molecule has 2 atom stereocenters. The van der Waals surface area contributed by atoms with E-state index < -0.39 is 0 Å². The van der Waals surface area contributed by atoms with Gasteiger partial charge in [0.05, 0.1) is 36.6 Å². The Morgan fingerprint density at radius 1 is 1.21 bits per heavy atom. The largest absolute Gasteiger partial charge is 0.481 e. The van der Waals surface area contributed by atoms with Crippen LogP contribution in [0.5, 0.6) is 11.9 Å². The van der Waals surface area contributed by atoms with Crippen molar-refractivity contribution in [2.45, 2.75) is 19.4 Å². The molecule has 0 radical (unpaired) electrons. The molecule has 2 unspecified atom stereocenters. The summed E-state index contributed by atoms with van der Waals surface area (Å²) in [4.78, 5) is 21.3. The fourth-order valence-electron chi connectivity index (χ4n) is 3.37. The van der Waals surface area contributed by atoms with Crippen LogP contribution in [0.2, 0.25) is 0 Å². The van der Waals surface area contributed by atoms with E-state index in [1.54, 1.807) is 30.7 Å². The minimum absolute atomic E-state index is 0.174. The molecule has 0 aromatic carbocycles. The van der Waals surface area contributed by atoms with Gasteiger partial charge in [0.15, 0.2) is 0 Å². The number of hydrogen-bond acceptors (Lipinski definition) is 9. The summed E-state index contributed by atoms with van der Waals surface area (Å²) in [5.74, 6) is 1.24. The lowest BCUT2D eigenvalue weighted by Gasteiger charge is -2.34. The molecular weight excluding hydrogens is 390 g/mol. The summed E-state index contributed by atoms with van der Waals surface area (Å²) < 4.78 is 10.5.